The van der Waals surface area contributed by atoms with Crippen LogP contribution in [0.2, 0.25) is 0 Å². The maximum atomic E-state index is 9.62. The van der Waals surface area contributed by atoms with Gasteiger partial charge in [-0.3, -0.25) is 20.7 Å². The van der Waals surface area contributed by atoms with Crippen LogP contribution in [0.4, 0.5) is 0 Å². The lowest BCUT2D eigenvalue weighted by Crippen LogP contribution is -2.22. The van der Waals surface area contributed by atoms with Gasteiger partial charge in [-0.25, -0.2) is 4.98 Å². The Morgan fingerprint density at radius 2 is 1.85 bits per heavy atom. The molecule has 2 N–H and O–H groups in total. The molecule has 0 aliphatic heterocycles. The van der Waals surface area contributed by atoms with Gasteiger partial charge in [-0.1, -0.05) is 12.1 Å². The van der Waals surface area contributed by atoms with Crippen LogP contribution in [0, 0.1) is 20.8 Å². The van der Waals surface area contributed by atoms with Gasteiger partial charge in [0.2, 0.25) is 5.88 Å². The highest BCUT2D eigenvalue weighted by atomic mass is 16.5. The number of benzene rings is 1. The molecule has 0 spiro atoms. The van der Waals surface area contributed by atoms with Crippen molar-refractivity contribution in [1.29, 1.82) is 0 Å². The fraction of sp³-hybridized carbons (Fsp3) is 0.190. The summed E-state index contributed by atoms with van der Waals surface area (Å²) < 4.78 is 6.03. The van der Waals surface area contributed by atoms with Crippen LogP contribution in [-0.2, 0) is 6.54 Å². The standard InChI is InChI=1S/C21H22N4O2/c1-14-10-15(2)12-18(11-14)27-21-19(8-7-16(3)24-21)20(25-26)23-13-17-6-4-5-9-22-17/h4-12,26H,13H2,1-3H3,(H,23,25). The van der Waals surface area contributed by atoms with Crippen LogP contribution >= 0.6 is 0 Å². The van der Waals surface area contributed by atoms with Crippen molar-refractivity contribution in [2.24, 2.45) is 4.99 Å². The summed E-state index contributed by atoms with van der Waals surface area (Å²) in [5, 5.41) is 9.62. The Morgan fingerprint density at radius 1 is 1.07 bits per heavy atom. The maximum Gasteiger partial charge on any atom is 0.230 e. The molecule has 0 fully saturated rings. The monoisotopic (exact) mass is 362 g/mol. The van der Waals surface area contributed by atoms with E-state index in [0.717, 1.165) is 22.5 Å². The normalized spacial score (nSPS) is 11.3. The predicted octanol–water partition coefficient (Wildman–Crippen LogP) is 4.12. The molecule has 6 heteroatoms. The lowest BCUT2D eigenvalue weighted by Gasteiger charge is -2.13. The number of amidine groups is 1. The molecule has 0 aliphatic carbocycles. The van der Waals surface area contributed by atoms with Gasteiger partial charge in [0.05, 0.1) is 17.8 Å². The molecule has 3 aromatic rings. The highest BCUT2D eigenvalue weighted by molar-refractivity contribution is 6.00. The molecule has 0 bridgehead atoms. The first-order valence-electron chi connectivity index (χ1n) is 8.64. The van der Waals surface area contributed by atoms with Gasteiger partial charge in [-0.15, -0.1) is 0 Å². The minimum atomic E-state index is 0.271. The smallest absolute Gasteiger partial charge is 0.230 e. The Kier molecular flexibility index (Phi) is 5.78. The Labute approximate surface area is 158 Å². The van der Waals surface area contributed by atoms with E-state index in [1.807, 2.05) is 63.2 Å². The van der Waals surface area contributed by atoms with Gasteiger partial charge in [0.15, 0.2) is 5.84 Å². The van der Waals surface area contributed by atoms with Crippen molar-refractivity contribution in [2.45, 2.75) is 27.3 Å². The van der Waals surface area contributed by atoms with E-state index in [1.165, 1.54) is 0 Å². The molecule has 2 heterocycles. The second-order valence-electron chi connectivity index (χ2n) is 6.33. The number of aromatic nitrogens is 2. The van der Waals surface area contributed by atoms with Gasteiger partial charge in [-0.05, 0) is 68.3 Å². The number of rotatable bonds is 5. The molecular formula is C21H22N4O2. The molecule has 0 unspecified atom stereocenters. The van der Waals surface area contributed by atoms with E-state index in [1.54, 1.807) is 6.20 Å². The fourth-order valence-corrected chi connectivity index (χ4v) is 2.73. The molecule has 1 aromatic carbocycles. The molecule has 3 rings (SSSR count). The zero-order valence-electron chi connectivity index (χ0n) is 15.6. The largest absolute Gasteiger partial charge is 0.438 e. The first kappa shape index (κ1) is 18.5. The summed E-state index contributed by atoms with van der Waals surface area (Å²) in [6.45, 7) is 6.23. The van der Waals surface area contributed by atoms with E-state index in [-0.39, 0.29) is 5.84 Å². The van der Waals surface area contributed by atoms with Crippen molar-refractivity contribution in [3.63, 3.8) is 0 Å². The van der Waals surface area contributed by atoms with Crippen LogP contribution in [0.25, 0.3) is 0 Å². The number of aryl methyl sites for hydroxylation is 3. The maximum absolute atomic E-state index is 9.62. The summed E-state index contributed by atoms with van der Waals surface area (Å²) in [5.41, 5.74) is 6.53. The number of ether oxygens (including phenoxy) is 1. The van der Waals surface area contributed by atoms with Crippen LogP contribution in [0.3, 0.4) is 0 Å². The Bertz CT molecular complexity index is 935. The third-order valence-electron chi connectivity index (χ3n) is 3.90. The average Bonchev–Trinajstić information content (AvgIpc) is 2.63. The van der Waals surface area contributed by atoms with E-state index in [4.69, 9.17) is 4.74 Å². The second kappa shape index (κ2) is 8.42. The number of hydroxylamine groups is 1. The van der Waals surface area contributed by atoms with Gasteiger partial charge in [0.1, 0.15) is 5.75 Å². The Balaban J connectivity index is 1.94. The summed E-state index contributed by atoms with van der Waals surface area (Å²) >= 11 is 0. The van der Waals surface area contributed by atoms with Crippen molar-refractivity contribution >= 4 is 5.84 Å². The number of hydrogen-bond acceptors (Lipinski definition) is 5. The minimum Gasteiger partial charge on any atom is -0.438 e. The third kappa shape index (κ3) is 4.89. The van der Waals surface area contributed by atoms with E-state index in [9.17, 15) is 5.21 Å². The molecule has 0 atom stereocenters. The summed E-state index contributed by atoms with van der Waals surface area (Å²) in [4.78, 5) is 13.1. The van der Waals surface area contributed by atoms with Gasteiger partial charge >= 0.3 is 0 Å². The number of nitrogens with one attached hydrogen (secondary N) is 1. The molecule has 0 saturated heterocycles. The van der Waals surface area contributed by atoms with Crippen molar-refractivity contribution in [3.05, 3.63) is 82.8 Å². The van der Waals surface area contributed by atoms with Crippen molar-refractivity contribution in [1.82, 2.24) is 15.4 Å². The average molecular weight is 362 g/mol. The molecular weight excluding hydrogens is 340 g/mol. The van der Waals surface area contributed by atoms with E-state index in [2.05, 4.69) is 26.5 Å². The van der Waals surface area contributed by atoms with Crippen LogP contribution in [-0.4, -0.2) is 21.0 Å². The number of nitrogens with zero attached hydrogens (tertiary/aromatic N) is 3. The zero-order valence-corrected chi connectivity index (χ0v) is 15.6. The highest BCUT2D eigenvalue weighted by Crippen LogP contribution is 2.26. The first-order valence-corrected chi connectivity index (χ1v) is 8.64. The molecule has 6 nitrogen and oxygen atoms in total. The molecule has 0 amide bonds. The lowest BCUT2D eigenvalue weighted by molar-refractivity contribution is 0.234. The van der Waals surface area contributed by atoms with Crippen molar-refractivity contribution in [3.8, 4) is 11.6 Å². The van der Waals surface area contributed by atoms with E-state index < -0.39 is 0 Å². The molecule has 27 heavy (non-hydrogen) atoms. The Hall–Kier alpha value is -3.25. The number of aliphatic imine (C=N–C) groups is 1. The van der Waals surface area contributed by atoms with Crippen LogP contribution in [0.1, 0.15) is 28.1 Å². The van der Waals surface area contributed by atoms with Gasteiger partial charge in [-0.2, -0.15) is 0 Å². The zero-order chi connectivity index (χ0) is 19.2. The molecule has 138 valence electrons. The lowest BCUT2D eigenvalue weighted by atomic mass is 10.1. The number of hydrogen-bond donors (Lipinski definition) is 2. The van der Waals surface area contributed by atoms with Crippen LogP contribution < -0.4 is 10.2 Å². The van der Waals surface area contributed by atoms with Gasteiger partial charge in [0, 0.05) is 11.9 Å². The van der Waals surface area contributed by atoms with E-state index in [0.29, 0.717) is 23.7 Å². The summed E-state index contributed by atoms with van der Waals surface area (Å²) in [7, 11) is 0. The number of pyridine rings is 2. The molecule has 0 aliphatic rings. The topological polar surface area (TPSA) is 79.6 Å². The molecule has 0 radical (unpaired) electrons. The quantitative estimate of drug-likeness (QED) is 0.405. The first-order chi connectivity index (χ1) is 13.0. The third-order valence-corrected chi connectivity index (χ3v) is 3.90. The van der Waals surface area contributed by atoms with Gasteiger partial charge in [0.25, 0.3) is 0 Å². The Morgan fingerprint density at radius 3 is 2.52 bits per heavy atom. The van der Waals surface area contributed by atoms with E-state index >= 15 is 0 Å². The van der Waals surface area contributed by atoms with Crippen LogP contribution in [0.15, 0.2) is 59.7 Å². The minimum absolute atomic E-state index is 0.271. The SMILES string of the molecule is Cc1cc(C)cc(Oc2nc(C)ccc2C(=NCc2ccccn2)NO)c1. The summed E-state index contributed by atoms with van der Waals surface area (Å²) in [6.07, 6.45) is 1.71. The molecule has 2 aromatic heterocycles. The predicted molar refractivity (Wildman–Crippen MR) is 104 cm³/mol. The van der Waals surface area contributed by atoms with Crippen molar-refractivity contribution in [2.75, 3.05) is 0 Å². The fourth-order valence-electron chi connectivity index (χ4n) is 2.73. The molecule has 0 saturated carbocycles. The summed E-state index contributed by atoms with van der Waals surface area (Å²) in [6, 6.07) is 15.2. The second-order valence-corrected chi connectivity index (χ2v) is 6.33. The summed E-state index contributed by atoms with van der Waals surface area (Å²) in [5.74, 6) is 1.34. The highest BCUT2D eigenvalue weighted by Gasteiger charge is 2.14. The van der Waals surface area contributed by atoms with Gasteiger partial charge < -0.3 is 4.74 Å². The van der Waals surface area contributed by atoms with Crippen LogP contribution in [0.5, 0.6) is 11.6 Å². The van der Waals surface area contributed by atoms with Crippen molar-refractivity contribution < 1.29 is 9.94 Å².